The van der Waals surface area contributed by atoms with Crippen LogP contribution in [0.2, 0.25) is 0 Å². The fraction of sp³-hybridized carbons (Fsp3) is 0.375. The topological polar surface area (TPSA) is 132 Å². The highest BCUT2D eigenvalue weighted by molar-refractivity contribution is 7.89. The van der Waals surface area contributed by atoms with Crippen LogP contribution < -0.4 is 10.5 Å². The van der Waals surface area contributed by atoms with Gasteiger partial charge in [-0.1, -0.05) is 0 Å². The minimum absolute atomic E-state index is 0.0130. The Bertz CT molecular complexity index is 616. The van der Waals surface area contributed by atoms with Gasteiger partial charge in [-0.2, -0.15) is 10.2 Å². The van der Waals surface area contributed by atoms with E-state index >= 15 is 0 Å². The van der Waals surface area contributed by atoms with E-state index in [1.54, 1.807) is 0 Å². The van der Waals surface area contributed by atoms with Gasteiger partial charge in [0.1, 0.15) is 17.0 Å². The molecule has 0 aromatic carbocycles. The fourth-order valence-corrected chi connectivity index (χ4v) is 2.40. The van der Waals surface area contributed by atoms with Crippen molar-refractivity contribution >= 4 is 15.8 Å². The molecule has 0 unspecified atom stereocenters. The van der Waals surface area contributed by atoms with Crippen LogP contribution in [0.4, 0.5) is 5.82 Å². The molecule has 9 nitrogen and oxygen atoms in total. The molecule has 0 atom stereocenters. The number of nitrogen functional groups attached to an aromatic ring is 1. The minimum atomic E-state index is -3.70. The van der Waals surface area contributed by atoms with Gasteiger partial charge in [-0.25, -0.2) is 18.1 Å². The maximum Gasteiger partial charge on any atom is 0.246 e. The number of hydrogen-bond donors (Lipinski definition) is 3. The molecule has 2 rings (SSSR count). The summed E-state index contributed by atoms with van der Waals surface area (Å²) in [6.45, 7) is 2.39. The number of anilines is 1. The van der Waals surface area contributed by atoms with Gasteiger partial charge in [0.05, 0.1) is 6.54 Å². The van der Waals surface area contributed by atoms with Crippen molar-refractivity contribution in [2.24, 2.45) is 0 Å². The number of sulfonamides is 1. The Kier molecular flexibility index (Phi) is 3.30. The molecular weight excluding hydrogens is 258 g/mol. The van der Waals surface area contributed by atoms with Gasteiger partial charge < -0.3 is 5.73 Å². The van der Waals surface area contributed by atoms with E-state index in [0.29, 0.717) is 12.4 Å². The van der Waals surface area contributed by atoms with Crippen LogP contribution in [0, 0.1) is 0 Å². The highest BCUT2D eigenvalue weighted by atomic mass is 32.2. The van der Waals surface area contributed by atoms with Gasteiger partial charge in [-0.3, -0.25) is 9.78 Å². The van der Waals surface area contributed by atoms with Crippen molar-refractivity contribution in [3.63, 3.8) is 0 Å². The number of aromatic amines is 1. The SMILES string of the molecule is CCn1cc(S(=O)(=O)NCc2ncn[nH]2)c(N)n1. The number of nitrogens with two attached hydrogens (primary N) is 1. The van der Waals surface area contributed by atoms with E-state index in [4.69, 9.17) is 5.73 Å². The van der Waals surface area contributed by atoms with Crippen LogP contribution in [0.1, 0.15) is 12.7 Å². The molecule has 0 bridgehead atoms. The molecule has 18 heavy (non-hydrogen) atoms. The minimum Gasteiger partial charge on any atom is -0.381 e. The third kappa shape index (κ3) is 2.49. The number of H-pyrrole nitrogens is 1. The number of rotatable bonds is 5. The largest absolute Gasteiger partial charge is 0.381 e. The third-order valence-electron chi connectivity index (χ3n) is 2.26. The van der Waals surface area contributed by atoms with E-state index in [2.05, 4.69) is 25.0 Å². The Hall–Kier alpha value is -1.94. The van der Waals surface area contributed by atoms with E-state index in [1.807, 2.05) is 6.92 Å². The lowest BCUT2D eigenvalue weighted by Gasteiger charge is -2.02. The van der Waals surface area contributed by atoms with Gasteiger partial charge in [0.25, 0.3) is 0 Å². The summed E-state index contributed by atoms with van der Waals surface area (Å²) < 4.78 is 27.8. The maximum atomic E-state index is 12.0. The Labute approximate surface area is 103 Å². The van der Waals surface area contributed by atoms with E-state index in [-0.39, 0.29) is 17.3 Å². The summed E-state index contributed by atoms with van der Waals surface area (Å²) >= 11 is 0. The fourth-order valence-electron chi connectivity index (χ4n) is 1.34. The van der Waals surface area contributed by atoms with Gasteiger partial charge in [-0.15, -0.1) is 0 Å². The molecule has 0 amide bonds. The zero-order chi connectivity index (χ0) is 13.2. The van der Waals surface area contributed by atoms with Crippen LogP contribution in [0.5, 0.6) is 0 Å². The van der Waals surface area contributed by atoms with Gasteiger partial charge >= 0.3 is 0 Å². The second-order valence-electron chi connectivity index (χ2n) is 3.49. The summed E-state index contributed by atoms with van der Waals surface area (Å²) in [4.78, 5) is 3.77. The lowest BCUT2D eigenvalue weighted by Crippen LogP contribution is -2.24. The summed E-state index contributed by atoms with van der Waals surface area (Å²) in [5, 5.41) is 10.1. The first-order valence-corrected chi connectivity index (χ1v) is 6.68. The molecule has 0 aliphatic carbocycles. The zero-order valence-electron chi connectivity index (χ0n) is 9.66. The van der Waals surface area contributed by atoms with Gasteiger partial charge in [0, 0.05) is 12.7 Å². The zero-order valence-corrected chi connectivity index (χ0v) is 10.5. The average molecular weight is 271 g/mol. The van der Waals surface area contributed by atoms with Crippen molar-refractivity contribution < 1.29 is 8.42 Å². The molecule has 0 spiro atoms. The lowest BCUT2D eigenvalue weighted by molar-refractivity contribution is 0.579. The monoisotopic (exact) mass is 271 g/mol. The number of aryl methyl sites for hydroxylation is 1. The van der Waals surface area contributed by atoms with Crippen molar-refractivity contribution in [1.82, 2.24) is 29.7 Å². The Balaban J connectivity index is 2.17. The van der Waals surface area contributed by atoms with Crippen molar-refractivity contribution in [2.75, 3.05) is 5.73 Å². The van der Waals surface area contributed by atoms with Crippen molar-refractivity contribution in [3.05, 3.63) is 18.3 Å². The molecule has 2 heterocycles. The first-order chi connectivity index (χ1) is 8.53. The normalized spacial score (nSPS) is 11.8. The second-order valence-corrected chi connectivity index (χ2v) is 5.23. The van der Waals surface area contributed by atoms with E-state index in [9.17, 15) is 8.42 Å². The Morgan fingerprint density at radius 2 is 2.33 bits per heavy atom. The summed E-state index contributed by atoms with van der Waals surface area (Å²) in [7, 11) is -3.70. The standard InChI is InChI=1S/C8H13N7O2S/c1-2-15-4-6(8(9)14-15)18(16,17)12-3-7-10-5-11-13-7/h4-5,12H,2-3H2,1H3,(H2,9,14)(H,10,11,13). The molecule has 0 saturated carbocycles. The van der Waals surface area contributed by atoms with Crippen LogP contribution in [0.25, 0.3) is 0 Å². The Morgan fingerprint density at radius 3 is 2.89 bits per heavy atom. The lowest BCUT2D eigenvalue weighted by atomic mass is 10.6. The highest BCUT2D eigenvalue weighted by Crippen LogP contribution is 2.15. The van der Waals surface area contributed by atoms with Gasteiger partial charge in [0.2, 0.25) is 10.0 Å². The molecule has 0 aliphatic heterocycles. The summed E-state index contributed by atoms with van der Waals surface area (Å²) in [6.07, 6.45) is 2.69. The molecule has 0 fully saturated rings. The summed E-state index contributed by atoms with van der Waals surface area (Å²) in [5.41, 5.74) is 5.57. The summed E-state index contributed by atoms with van der Waals surface area (Å²) in [5.74, 6) is 0.391. The number of aromatic nitrogens is 5. The molecular formula is C8H13N7O2S. The van der Waals surface area contributed by atoms with Crippen LogP contribution >= 0.6 is 0 Å². The molecule has 2 aromatic heterocycles. The molecule has 4 N–H and O–H groups in total. The predicted molar refractivity (Wildman–Crippen MR) is 62.7 cm³/mol. The van der Waals surface area contributed by atoms with Crippen molar-refractivity contribution in [2.45, 2.75) is 24.9 Å². The first-order valence-electron chi connectivity index (χ1n) is 5.19. The molecule has 10 heteroatoms. The molecule has 0 saturated heterocycles. The smallest absolute Gasteiger partial charge is 0.246 e. The molecule has 0 radical (unpaired) electrons. The first kappa shape index (κ1) is 12.5. The number of hydrogen-bond acceptors (Lipinski definition) is 6. The van der Waals surface area contributed by atoms with E-state index < -0.39 is 10.0 Å². The van der Waals surface area contributed by atoms with E-state index in [1.165, 1.54) is 17.2 Å². The van der Waals surface area contributed by atoms with Gasteiger partial charge in [-0.05, 0) is 6.92 Å². The number of nitrogens with one attached hydrogen (secondary N) is 2. The van der Waals surface area contributed by atoms with Gasteiger partial charge in [0.15, 0.2) is 5.82 Å². The van der Waals surface area contributed by atoms with Crippen LogP contribution in [-0.2, 0) is 23.1 Å². The molecule has 98 valence electrons. The third-order valence-corrected chi connectivity index (χ3v) is 3.68. The molecule has 0 aliphatic rings. The molecule has 2 aromatic rings. The highest BCUT2D eigenvalue weighted by Gasteiger charge is 2.20. The van der Waals surface area contributed by atoms with Crippen LogP contribution in [-0.4, -0.2) is 33.4 Å². The van der Waals surface area contributed by atoms with Crippen molar-refractivity contribution in [1.29, 1.82) is 0 Å². The number of nitrogens with zero attached hydrogens (tertiary/aromatic N) is 4. The van der Waals surface area contributed by atoms with E-state index in [0.717, 1.165) is 0 Å². The van der Waals surface area contributed by atoms with Crippen LogP contribution in [0.3, 0.4) is 0 Å². The van der Waals surface area contributed by atoms with Crippen molar-refractivity contribution in [3.8, 4) is 0 Å². The average Bonchev–Trinajstić information content (AvgIpc) is 2.95. The predicted octanol–water partition coefficient (Wildman–Crippen LogP) is -0.918. The second kappa shape index (κ2) is 4.74. The maximum absolute atomic E-state index is 12.0. The summed E-state index contributed by atoms with van der Waals surface area (Å²) in [6, 6.07) is 0. The quantitative estimate of drug-likeness (QED) is 0.644. The Morgan fingerprint density at radius 1 is 1.56 bits per heavy atom. The van der Waals surface area contributed by atoms with Crippen LogP contribution in [0.15, 0.2) is 17.4 Å².